The Morgan fingerprint density at radius 3 is 2.62 bits per heavy atom. The van der Waals surface area contributed by atoms with Gasteiger partial charge in [-0.25, -0.2) is 4.39 Å². The summed E-state index contributed by atoms with van der Waals surface area (Å²) in [6.07, 6.45) is 13.5. The highest BCUT2D eigenvalue weighted by Gasteiger charge is 2.17. The molecule has 47 heavy (non-hydrogen) atoms. The molecule has 0 bridgehead atoms. The molecule has 8 nitrogen and oxygen atoms in total. The topological polar surface area (TPSA) is 94.8 Å². The van der Waals surface area contributed by atoms with Gasteiger partial charge in [0.2, 0.25) is 0 Å². The summed E-state index contributed by atoms with van der Waals surface area (Å²) in [4.78, 5) is 15.2. The number of rotatable bonds is 11. The van der Waals surface area contributed by atoms with Gasteiger partial charge in [-0.05, 0) is 105 Å². The van der Waals surface area contributed by atoms with Crippen molar-refractivity contribution in [2.45, 2.75) is 45.1 Å². The summed E-state index contributed by atoms with van der Waals surface area (Å²) >= 11 is 0. The second-order valence-corrected chi connectivity index (χ2v) is 13.1. The minimum atomic E-state index is -0.345. The van der Waals surface area contributed by atoms with Crippen molar-refractivity contribution in [2.75, 3.05) is 32.8 Å². The molecule has 1 saturated carbocycles. The van der Waals surface area contributed by atoms with Crippen LogP contribution in [0, 0.1) is 11.7 Å². The largest absolute Gasteiger partial charge is 0.492 e. The fraction of sp³-hybridized carbons (Fsp3) is 0.342. The zero-order valence-corrected chi connectivity index (χ0v) is 26.6. The molecule has 9 heteroatoms. The van der Waals surface area contributed by atoms with Crippen LogP contribution in [0.2, 0.25) is 0 Å². The third kappa shape index (κ3) is 6.50. The second-order valence-electron chi connectivity index (χ2n) is 13.1. The molecule has 5 heterocycles. The number of aromatic nitrogens is 5. The summed E-state index contributed by atoms with van der Waals surface area (Å²) in [6, 6.07) is 17.4. The van der Waals surface area contributed by atoms with Crippen LogP contribution >= 0.6 is 0 Å². The minimum absolute atomic E-state index is 0.345. The maximum atomic E-state index is 14.8. The SMILES string of the molecule is Fc1cc(OCCN2CCCC2)cc(-c2nccc3[nH]c(-c4n[nH]c5ccc(-c6cncc(CNCC7CCCC7)c6)cc45)cc23)c1. The van der Waals surface area contributed by atoms with Gasteiger partial charge >= 0.3 is 0 Å². The predicted octanol–water partition coefficient (Wildman–Crippen LogP) is 7.73. The number of hydrogen-bond donors (Lipinski definition) is 3. The van der Waals surface area contributed by atoms with Crippen LogP contribution in [0.4, 0.5) is 4.39 Å². The van der Waals surface area contributed by atoms with Gasteiger partial charge in [0, 0.05) is 65.2 Å². The first kappa shape index (κ1) is 29.8. The van der Waals surface area contributed by atoms with Gasteiger partial charge in [0.05, 0.1) is 16.9 Å². The number of ether oxygens (including phenoxy) is 1. The molecular weight excluding hydrogens is 589 g/mol. The molecule has 2 aromatic carbocycles. The molecule has 8 rings (SSSR count). The first-order valence-electron chi connectivity index (χ1n) is 16.9. The Bertz CT molecular complexity index is 2000. The van der Waals surface area contributed by atoms with Crippen LogP contribution in [0.3, 0.4) is 0 Å². The Kier molecular flexibility index (Phi) is 8.40. The summed E-state index contributed by atoms with van der Waals surface area (Å²) in [5, 5.41) is 13.4. The zero-order chi connectivity index (χ0) is 31.6. The van der Waals surface area contributed by atoms with E-state index in [2.05, 4.69) is 60.6 Å². The van der Waals surface area contributed by atoms with Crippen LogP contribution in [0.5, 0.6) is 5.75 Å². The van der Waals surface area contributed by atoms with Gasteiger partial charge in [-0.3, -0.25) is 20.0 Å². The second kappa shape index (κ2) is 13.3. The summed E-state index contributed by atoms with van der Waals surface area (Å²) < 4.78 is 20.8. The lowest BCUT2D eigenvalue weighted by atomic mass is 10.0. The van der Waals surface area contributed by atoms with Crippen molar-refractivity contribution in [3.8, 4) is 39.5 Å². The molecule has 2 aliphatic rings. The average Bonchev–Trinajstić information content (AvgIpc) is 3.91. The highest BCUT2D eigenvalue weighted by molar-refractivity contribution is 6.00. The van der Waals surface area contributed by atoms with Crippen LogP contribution in [-0.4, -0.2) is 62.8 Å². The number of benzene rings is 2. The lowest BCUT2D eigenvalue weighted by Crippen LogP contribution is -2.25. The molecule has 4 aromatic heterocycles. The van der Waals surface area contributed by atoms with Gasteiger partial charge < -0.3 is 15.0 Å². The normalized spacial score (nSPS) is 15.8. The lowest BCUT2D eigenvalue weighted by Gasteiger charge is -2.15. The summed E-state index contributed by atoms with van der Waals surface area (Å²) in [5.41, 5.74) is 8.24. The number of hydrogen-bond acceptors (Lipinski definition) is 6. The highest BCUT2D eigenvalue weighted by atomic mass is 19.1. The van der Waals surface area contributed by atoms with E-state index < -0.39 is 0 Å². The molecule has 0 amide bonds. The van der Waals surface area contributed by atoms with E-state index in [9.17, 15) is 4.39 Å². The van der Waals surface area contributed by atoms with Gasteiger partial charge in [0.15, 0.2) is 0 Å². The molecule has 1 saturated heterocycles. The van der Waals surface area contributed by atoms with E-state index in [4.69, 9.17) is 9.84 Å². The van der Waals surface area contributed by atoms with Gasteiger partial charge in [-0.15, -0.1) is 0 Å². The van der Waals surface area contributed by atoms with Crippen molar-refractivity contribution in [2.24, 2.45) is 5.92 Å². The van der Waals surface area contributed by atoms with Gasteiger partial charge in [0.25, 0.3) is 0 Å². The number of halogens is 1. The maximum absolute atomic E-state index is 14.8. The number of nitrogens with one attached hydrogen (secondary N) is 3. The third-order valence-electron chi connectivity index (χ3n) is 9.75. The van der Waals surface area contributed by atoms with Crippen LogP contribution in [-0.2, 0) is 6.54 Å². The van der Waals surface area contributed by atoms with Crippen molar-refractivity contribution < 1.29 is 9.13 Å². The van der Waals surface area contributed by atoms with Gasteiger partial charge in [-0.1, -0.05) is 18.9 Å². The fourth-order valence-electron chi connectivity index (χ4n) is 7.27. The molecule has 6 aromatic rings. The van der Waals surface area contributed by atoms with E-state index in [1.54, 1.807) is 6.20 Å². The molecule has 1 aliphatic heterocycles. The molecule has 240 valence electrons. The maximum Gasteiger partial charge on any atom is 0.127 e. The number of likely N-dealkylation sites (tertiary alicyclic amines) is 1. The van der Waals surface area contributed by atoms with Crippen molar-refractivity contribution >= 4 is 21.8 Å². The summed E-state index contributed by atoms with van der Waals surface area (Å²) in [6.45, 7) is 5.48. The fourth-order valence-corrected chi connectivity index (χ4v) is 7.27. The first-order valence-corrected chi connectivity index (χ1v) is 16.9. The molecule has 2 fully saturated rings. The first-order chi connectivity index (χ1) is 23.2. The van der Waals surface area contributed by atoms with Crippen LogP contribution in [0.1, 0.15) is 44.1 Å². The van der Waals surface area contributed by atoms with Crippen LogP contribution in [0.15, 0.2) is 73.2 Å². The van der Waals surface area contributed by atoms with Gasteiger partial charge in [0.1, 0.15) is 23.9 Å². The van der Waals surface area contributed by atoms with E-state index in [0.717, 1.165) is 83.0 Å². The number of H-pyrrole nitrogens is 2. The zero-order valence-electron chi connectivity index (χ0n) is 26.6. The van der Waals surface area contributed by atoms with Gasteiger partial charge in [-0.2, -0.15) is 5.10 Å². The molecule has 0 unspecified atom stereocenters. The van der Waals surface area contributed by atoms with Crippen LogP contribution in [0.25, 0.3) is 55.6 Å². The van der Waals surface area contributed by atoms with E-state index >= 15 is 0 Å². The Balaban J connectivity index is 1.05. The Morgan fingerprint density at radius 2 is 1.72 bits per heavy atom. The number of pyridine rings is 2. The quantitative estimate of drug-likeness (QED) is 0.136. The summed E-state index contributed by atoms with van der Waals surface area (Å²) in [7, 11) is 0. The third-order valence-corrected chi connectivity index (χ3v) is 9.75. The average molecular weight is 630 g/mol. The van der Waals surface area contributed by atoms with E-state index in [1.807, 2.05) is 24.5 Å². The number of nitrogens with zero attached hydrogens (tertiary/aromatic N) is 4. The van der Waals surface area contributed by atoms with Crippen molar-refractivity contribution in [1.82, 2.24) is 35.4 Å². The number of fused-ring (bicyclic) bond motifs is 2. The van der Waals surface area contributed by atoms with Crippen molar-refractivity contribution in [3.05, 3.63) is 84.6 Å². The smallest absolute Gasteiger partial charge is 0.127 e. The van der Waals surface area contributed by atoms with E-state index in [1.165, 1.54) is 56.2 Å². The monoisotopic (exact) mass is 629 g/mol. The van der Waals surface area contributed by atoms with Crippen molar-refractivity contribution in [3.63, 3.8) is 0 Å². The molecular formula is C38H40FN7O. The van der Waals surface area contributed by atoms with Crippen molar-refractivity contribution in [1.29, 1.82) is 0 Å². The predicted molar refractivity (Wildman–Crippen MR) is 185 cm³/mol. The molecule has 0 spiro atoms. The molecule has 3 N–H and O–H groups in total. The van der Waals surface area contributed by atoms with Crippen LogP contribution < -0.4 is 10.1 Å². The molecule has 0 atom stereocenters. The Morgan fingerprint density at radius 1 is 0.851 bits per heavy atom. The standard InChI is InChI=1S/C38H40FN7O/c39-30-16-28(17-31(19-30)47-14-13-46-11-3-4-12-46)37-33-20-36(43-34(33)9-10-42-37)38-32-18-27(7-8-35(32)44-45-38)29-15-26(23-41-24-29)22-40-21-25-5-1-2-6-25/h7-10,15-20,23-25,40,43H,1-6,11-14,21-22H2,(H,44,45). The lowest BCUT2D eigenvalue weighted by molar-refractivity contribution is 0.237. The van der Waals surface area contributed by atoms with E-state index in [-0.39, 0.29) is 5.82 Å². The molecule has 0 radical (unpaired) electrons. The van der Waals surface area contributed by atoms with E-state index in [0.29, 0.717) is 23.6 Å². The highest BCUT2D eigenvalue weighted by Crippen LogP contribution is 2.35. The number of aromatic amines is 2. The Labute approximate surface area is 273 Å². The minimum Gasteiger partial charge on any atom is -0.492 e. The Hall–Kier alpha value is -4.60. The summed E-state index contributed by atoms with van der Waals surface area (Å²) in [5.74, 6) is 0.976. The molecule has 1 aliphatic carbocycles.